The van der Waals surface area contributed by atoms with Gasteiger partial charge in [-0.25, -0.2) is 9.97 Å². The highest BCUT2D eigenvalue weighted by molar-refractivity contribution is 6.10. The van der Waals surface area contributed by atoms with Gasteiger partial charge in [0, 0.05) is 11.1 Å². The minimum atomic E-state index is -0.533. The van der Waals surface area contributed by atoms with E-state index in [2.05, 4.69) is 25.3 Å². The number of fused-ring (bicyclic) bond motifs is 1. The number of nitrogens with two attached hydrogens (primary N) is 2. The van der Waals surface area contributed by atoms with E-state index >= 15 is 0 Å². The number of nitrogen functional groups attached to an aromatic ring is 2. The number of anilines is 2. The van der Waals surface area contributed by atoms with Crippen LogP contribution in [0.5, 0.6) is 23.0 Å². The Bertz CT molecular complexity index is 2090. The zero-order valence-corrected chi connectivity index (χ0v) is 23.1. The lowest BCUT2D eigenvalue weighted by atomic mass is 10.1. The van der Waals surface area contributed by atoms with Gasteiger partial charge in [-0.1, -0.05) is 36.4 Å². The second-order valence-corrected chi connectivity index (χ2v) is 9.76. The molecule has 0 fully saturated rings. The van der Waals surface area contributed by atoms with Crippen molar-refractivity contribution in [1.29, 1.82) is 0 Å². The molecule has 44 heavy (non-hydrogen) atoms. The van der Waals surface area contributed by atoms with Crippen LogP contribution in [0.25, 0.3) is 33.5 Å². The number of ether oxygens (including phenoxy) is 2. The Balaban J connectivity index is 1.23. The maximum Gasteiger partial charge on any atom is 0.286 e. The average molecular weight is 581 g/mol. The molecule has 0 aliphatic rings. The summed E-state index contributed by atoms with van der Waals surface area (Å²) in [5, 5.41) is 12.1. The number of aromatic amines is 1. The zero-order chi connectivity index (χ0) is 30.0. The van der Waals surface area contributed by atoms with Gasteiger partial charge < -0.3 is 20.9 Å². The van der Waals surface area contributed by atoms with Gasteiger partial charge >= 0.3 is 0 Å². The standard InChI is InChI=1S/C33H24N8O3/c34-30-26-29(21-13-17-25(18-14-21)44-23-9-5-2-6-10-23)40-41(32(26)37-19-36-30)33(42)27-28(38-39-31(27)35)20-11-15-24(16-12-20)43-22-7-3-1-4-8-22/h1-19H,(H2,34,36,37)(H3,35,38,39). The number of carbonyl (C=O) groups excluding carboxylic acids is 1. The smallest absolute Gasteiger partial charge is 0.286 e. The molecule has 0 atom stereocenters. The molecule has 0 saturated heterocycles. The molecule has 11 heteroatoms. The van der Waals surface area contributed by atoms with Gasteiger partial charge in [0.15, 0.2) is 5.65 Å². The van der Waals surface area contributed by atoms with Crippen LogP contribution in [0.1, 0.15) is 10.4 Å². The summed E-state index contributed by atoms with van der Waals surface area (Å²) in [6.07, 6.45) is 1.29. The van der Waals surface area contributed by atoms with Gasteiger partial charge in [0.25, 0.3) is 5.91 Å². The lowest BCUT2D eigenvalue weighted by Gasteiger charge is -2.07. The Hall–Kier alpha value is -6.49. The Labute approximate surface area is 250 Å². The van der Waals surface area contributed by atoms with Crippen LogP contribution in [-0.2, 0) is 0 Å². The summed E-state index contributed by atoms with van der Waals surface area (Å²) in [7, 11) is 0. The molecule has 3 aromatic heterocycles. The molecule has 0 aliphatic heterocycles. The van der Waals surface area contributed by atoms with E-state index in [0.29, 0.717) is 50.9 Å². The van der Waals surface area contributed by atoms with E-state index in [9.17, 15) is 4.79 Å². The molecule has 0 spiro atoms. The molecule has 0 unspecified atom stereocenters. The molecule has 3 heterocycles. The van der Waals surface area contributed by atoms with Crippen molar-refractivity contribution in [3.8, 4) is 45.5 Å². The van der Waals surface area contributed by atoms with Crippen molar-refractivity contribution in [3.05, 3.63) is 121 Å². The number of nitrogens with zero attached hydrogens (tertiary/aromatic N) is 5. The number of benzene rings is 4. The van der Waals surface area contributed by atoms with Gasteiger partial charge in [0.2, 0.25) is 0 Å². The quantitative estimate of drug-likeness (QED) is 0.196. The number of nitrogens with one attached hydrogen (secondary N) is 1. The first-order valence-electron chi connectivity index (χ1n) is 13.6. The van der Waals surface area contributed by atoms with E-state index in [1.807, 2.05) is 84.9 Å². The van der Waals surface area contributed by atoms with Crippen molar-refractivity contribution in [3.63, 3.8) is 0 Å². The monoisotopic (exact) mass is 580 g/mol. The summed E-state index contributed by atoms with van der Waals surface area (Å²) in [6.45, 7) is 0. The molecule has 0 saturated carbocycles. The molecule has 7 rings (SSSR count). The van der Waals surface area contributed by atoms with Crippen molar-refractivity contribution in [2.75, 3.05) is 11.5 Å². The summed E-state index contributed by atoms with van der Waals surface area (Å²) in [5.41, 5.74) is 15.0. The van der Waals surface area contributed by atoms with Gasteiger partial charge in [-0.15, -0.1) is 0 Å². The molecule has 0 aliphatic carbocycles. The van der Waals surface area contributed by atoms with E-state index in [0.717, 1.165) is 0 Å². The third-order valence-electron chi connectivity index (χ3n) is 6.91. The van der Waals surface area contributed by atoms with Gasteiger partial charge in [-0.2, -0.15) is 14.9 Å². The molecule has 4 aromatic carbocycles. The van der Waals surface area contributed by atoms with Crippen molar-refractivity contribution in [2.24, 2.45) is 0 Å². The largest absolute Gasteiger partial charge is 0.457 e. The lowest BCUT2D eigenvalue weighted by molar-refractivity contribution is 0.0951. The number of aromatic nitrogens is 6. The predicted molar refractivity (Wildman–Crippen MR) is 166 cm³/mol. The Morgan fingerprint density at radius 3 is 1.75 bits per heavy atom. The van der Waals surface area contributed by atoms with Gasteiger partial charge in [0.05, 0.1) is 5.39 Å². The van der Waals surface area contributed by atoms with Crippen molar-refractivity contribution >= 4 is 28.6 Å². The fraction of sp³-hybridized carbons (Fsp3) is 0. The summed E-state index contributed by atoms with van der Waals surface area (Å²) in [4.78, 5) is 22.6. The van der Waals surface area contributed by atoms with Crippen LogP contribution in [0.4, 0.5) is 11.6 Å². The van der Waals surface area contributed by atoms with Gasteiger partial charge in [-0.3, -0.25) is 9.89 Å². The van der Waals surface area contributed by atoms with Crippen LogP contribution in [0.2, 0.25) is 0 Å². The molecule has 0 bridgehead atoms. The topological polar surface area (TPSA) is 160 Å². The van der Waals surface area contributed by atoms with Crippen LogP contribution in [0.3, 0.4) is 0 Å². The molecule has 7 aromatic rings. The first-order chi connectivity index (χ1) is 21.5. The van der Waals surface area contributed by atoms with E-state index in [1.54, 1.807) is 24.3 Å². The van der Waals surface area contributed by atoms with Crippen LogP contribution < -0.4 is 20.9 Å². The van der Waals surface area contributed by atoms with E-state index < -0.39 is 5.91 Å². The van der Waals surface area contributed by atoms with Crippen LogP contribution >= 0.6 is 0 Å². The first kappa shape index (κ1) is 26.4. The maximum absolute atomic E-state index is 14.1. The van der Waals surface area contributed by atoms with E-state index in [4.69, 9.17) is 20.9 Å². The Morgan fingerprint density at radius 2 is 1.18 bits per heavy atom. The normalized spacial score (nSPS) is 11.0. The summed E-state index contributed by atoms with van der Waals surface area (Å²) >= 11 is 0. The average Bonchev–Trinajstić information content (AvgIpc) is 3.64. The zero-order valence-electron chi connectivity index (χ0n) is 23.1. The predicted octanol–water partition coefficient (Wildman–Crippen LogP) is 6.32. The van der Waals surface area contributed by atoms with Crippen LogP contribution in [0, 0.1) is 0 Å². The molecule has 5 N–H and O–H groups in total. The number of hydrogen-bond acceptors (Lipinski definition) is 9. The number of hydrogen-bond donors (Lipinski definition) is 3. The molecule has 11 nitrogen and oxygen atoms in total. The van der Waals surface area contributed by atoms with Gasteiger partial charge in [-0.05, 0) is 72.8 Å². The van der Waals surface area contributed by atoms with Gasteiger partial charge in [0.1, 0.15) is 57.9 Å². The van der Waals surface area contributed by atoms with Crippen LogP contribution in [-0.4, -0.2) is 35.9 Å². The number of rotatable bonds is 7. The first-order valence-corrected chi connectivity index (χ1v) is 13.6. The summed E-state index contributed by atoms with van der Waals surface area (Å²) in [6, 6.07) is 33.4. The number of carbonyl (C=O) groups is 1. The molecule has 0 amide bonds. The third-order valence-corrected chi connectivity index (χ3v) is 6.91. The highest BCUT2D eigenvalue weighted by Crippen LogP contribution is 2.34. The molecular weight excluding hydrogens is 556 g/mol. The Kier molecular flexibility index (Phi) is 6.64. The second kappa shape index (κ2) is 11.1. The number of H-pyrrole nitrogens is 1. The van der Waals surface area contributed by atoms with Crippen molar-refractivity contribution < 1.29 is 14.3 Å². The summed E-state index contributed by atoms with van der Waals surface area (Å²) in [5.74, 6) is 2.43. The Morgan fingerprint density at radius 1 is 0.659 bits per heavy atom. The summed E-state index contributed by atoms with van der Waals surface area (Å²) < 4.78 is 13.0. The lowest BCUT2D eigenvalue weighted by Crippen LogP contribution is -2.16. The maximum atomic E-state index is 14.1. The van der Waals surface area contributed by atoms with Crippen LogP contribution in [0.15, 0.2) is 116 Å². The third kappa shape index (κ3) is 4.94. The van der Waals surface area contributed by atoms with Crippen molar-refractivity contribution in [1.82, 2.24) is 29.9 Å². The highest BCUT2D eigenvalue weighted by Gasteiger charge is 2.27. The minimum absolute atomic E-state index is 0.0873. The molecule has 0 radical (unpaired) electrons. The molecule has 214 valence electrons. The highest BCUT2D eigenvalue weighted by atomic mass is 16.5. The minimum Gasteiger partial charge on any atom is -0.457 e. The second-order valence-electron chi connectivity index (χ2n) is 9.76. The fourth-order valence-electron chi connectivity index (χ4n) is 4.82. The number of para-hydroxylation sites is 2. The van der Waals surface area contributed by atoms with E-state index in [1.165, 1.54) is 11.0 Å². The fourth-order valence-corrected chi connectivity index (χ4v) is 4.82. The van der Waals surface area contributed by atoms with Crippen molar-refractivity contribution in [2.45, 2.75) is 0 Å². The van der Waals surface area contributed by atoms with E-state index in [-0.39, 0.29) is 22.8 Å². The molecular formula is C33H24N8O3. The SMILES string of the molecule is Nc1[nH]nc(-c2ccc(Oc3ccccc3)cc2)c1C(=O)n1nc(-c2ccc(Oc3ccccc3)cc2)c2c(N)ncnc21.